The SMILES string of the molecule is CCn1c(SCc2nnc(-c3cccc(C)c3)o2)nc2cc(S(=O)(=O)N3CCCCC3)ccc21. The summed E-state index contributed by atoms with van der Waals surface area (Å²) in [6, 6.07) is 13.2. The van der Waals surface area contributed by atoms with Gasteiger partial charge in [0, 0.05) is 25.2 Å². The molecule has 0 spiro atoms. The van der Waals surface area contributed by atoms with Gasteiger partial charge in [-0.2, -0.15) is 4.31 Å². The summed E-state index contributed by atoms with van der Waals surface area (Å²) >= 11 is 1.50. The molecular weight excluding hydrogens is 470 g/mol. The maximum Gasteiger partial charge on any atom is 0.247 e. The maximum atomic E-state index is 13.1. The highest BCUT2D eigenvalue weighted by molar-refractivity contribution is 7.98. The summed E-state index contributed by atoms with van der Waals surface area (Å²) in [6.07, 6.45) is 2.90. The van der Waals surface area contributed by atoms with E-state index < -0.39 is 10.0 Å². The molecule has 8 nitrogen and oxygen atoms in total. The zero-order chi connectivity index (χ0) is 23.7. The number of sulfonamides is 1. The third-order valence-electron chi connectivity index (χ3n) is 6.01. The van der Waals surface area contributed by atoms with Gasteiger partial charge in [0.1, 0.15) is 0 Å². The zero-order valence-corrected chi connectivity index (χ0v) is 20.9. The number of thioether (sulfide) groups is 1. The van der Waals surface area contributed by atoms with Crippen LogP contribution in [0.5, 0.6) is 0 Å². The van der Waals surface area contributed by atoms with Crippen LogP contribution in [0.4, 0.5) is 0 Å². The van der Waals surface area contributed by atoms with Gasteiger partial charge in [0.05, 0.1) is 21.7 Å². The minimum atomic E-state index is -3.50. The summed E-state index contributed by atoms with van der Waals surface area (Å²) in [5.41, 5.74) is 3.61. The summed E-state index contributed by atoms with van der Waals surface area (Å²) < 4.78 is 35.7. The number of fused-ring (bicyclic) bond motifs is 1. The molecule has 0 aliphatic carbocycles. The van der Waals surface area contributed by atoms with E-state index in [9.17, 15) is 8.42 Å². The van der Waals surface area contributed by atoms with Gasteiger partial charge in [-0.15, -0.1) is 10.2 Å². The molecule has 0 radical (unpaired) electrons. The van der Waals surface area contributed by atoms with Gasteiger partial charge in [0.2, 0.25) is 21.8 Å². The highest BCUT2D eigenvalue weighted by Crippen LogP contribution is 2.30. The van der Waals surface area contributed by atoms with Crippen LogP contribution in [0.3, 0.4) is 0 Å². The lowest BCUT2D eigenvalue weighted by Crippen LogP contribution is -2.35. The second-order valence-corrected chi connectivity index (χ2v) is 11.3. The average molecular weight is 498 g/mol. The third kappa shape index (κ3) is 4.49. The molecule has 0 unspecified atom stereocenters. The normalized spacial score (nSPS) is 15.2. The minimum Gasteiger partial charge on any atom is -0.420 e. The van der Waals surface area contributed by atoms with E-state index in [1.807, 2.05) is 44.2 Å². The summed E-state index contributed by atoms with van der Waals surface area (Å²) in [4.78, 5) is 5.05. The highest BCUT2D eigenvalue weighted by atomic mass is 32.2. The van der Waals surface area contributed by atoms with Crippen LogP contribution in [-0.2, 0) is 22.3 Å². The van der Waals surface area contributed by atoms with Crippen LogP contribution in [-0.4, -0.2) is 45.6 Å². The van der Waals surface area contributed by atoms with Gasteiger partial charge in [-0.3, -0.25) is 0 Å². The number of benzene rings is 2. The number of nitrogens with zero attached hydrogens (tertiary/aromatic N) is 5. The zero-order valence-electron chi connectivity index (χ0n) is 19.3. The van der Waals surface area contributed by atoms with Gasteiger partial charge in [-0.05, 0) is 57.0 Å². The Hall–Kier alpha value is -2.69. The van der Waals surface area contributed by atoms with Crippen molar-refractivity contribution in [2.24, 2.45) is 0 Å². The second-order valence-electron chi connectivity index (χ2n) is 8.41. The van der Waals surface area contributed by atoms with Crippen molar-refractivity contribution in [3.63, 3.8) is 0 Å². The lowest BCUT2D eigenvalue weighted by atomic mass is 10.1. The largest absolute Gasteiger partial charge is 0.420 e. The van der Waals surface area contributed by atoms with Gasteiger partial charge >= 0.3 is 0 Å². The Morgan fingerprint density at radius 2 is 1.88 bits per heavy atom. The fourth-order valence-electron chi connectivity index (χ4n) is 4.25. The molecule has 0 N–H and O–H groups in total. The lowest BCUT2D eigenvalue weighted by Gasteiger charge is -2.25. The molecule has 3 heterocycles. The average Bonchev–Trinajstić information content (AvgIpc) is 3.47. The minimum absolute atomic E-state index is 0.305. The quantitative estimate of drug-likeness (QED) is 0.336. The Balaban J connectivity index is 1.37. The Bertz CT molecular complexity index is 1420. The van der Waals surface area contributed by atoms with Crippen molar-refractivity contribution in [1.82, 2.24) is 24.1 Å². The van der Waals surface area contributed by atoms with E-state index in [1.165, 1.54) is 11.8 Å². The van der Waals surface area contributed by atoms with E-state index in [0.29, 0.717) is 41.0 Å². The number of aromatic nitrogens is 4. The number of hydrogen-bond acceptors (Lipinski definition) is 7. The standard InChI is InChI=1S/C24H27N5O3S2/c1-3-29-21-11-10-19(34(30,31)28-12-5-4-6-13-28)15-20(21)25-24(29)33-16-22-26-27-23(32-22)18-9-7-8-17(2)14-18/h7-11,14-15H,3-6,12-13,16H2,1-2H3. The summed E-state index contributed by atoms with van der Waals surface area (Å²) in [5, 5.41) is 9.16. The number of aryl methyl sites for hydroxylation is 2. The monoisotopic (exact) mass is 497 g/mol. The summed E-state index contributed by atoms with van der Waals surface area (Å²) in [6.45, 7) is 5.95. The Morgan fingerprint density at radius 1 is 1.06 bits per heavy atom. The maximum absolute atomic E-state index is 13.1. The molecule has 0 bridgehead atoms. The number of hydrogen-bond donors (Lipinski definition) is 0. The lowest BCUT2D eigenvalue weighted by molar-refractivity contribution is 0.346. The molecule has 2 aromatic carbocycles. The van der Waals surface area contributed by atoms with Crippen molar-refractivity contribution in [3.05, 3.63) is 53.9 Å². The molecule has 2 aromatic heterocycles. The van der Waals surface area contributed by atoms with E-state index in [1.54, 1.807) is 16.4 Å². The predicted octanol–water partition coefficient (Wildman–Crippen LogP) is 4.88. The Kier molecular flexibility index (Phi) is 6.46. The number of imidazole rings is 1. The van der Waals surface area contributed by atoms with Crippen LogP contribution < -0.4 is 0 Å². The second kappa shape index (κ2) is 9.52. The molecule has 0 amide bonds. The summed E-state index contributed by atoms with van der Waals surface area (Å²) in [5.74, 6) is 1.49. The van der Waals surface area contributed by atoms with Crippen LogP contribution in [0.15, 0.2) is 56.9 Å². The highest BCUT2D eigenvalue weighted by Gasteiger charge is 2.26. The van der Waals surface area contributed by atoms with Crippen LogP contribution >= 0.6 is 11.8 Å². The van der Waals surface area contributed by atoms with Gasteiger partial charge in [0.25, 0.3) is 0 Å². The molecule has 1 fully saturated rings. The van der Waals surface area contributed by atoms with Crippen molar-refractivity contribution in [2.45, 2.75) is 55.5 Å². The summed E-state index contributed by atoms with van der Waals surface area (Å²) in [7, 11) is -3.50. The topological polar surface area (TPSA) is 94.1 Å². The number of piperidine rings is 1. The van der Waals surface area contributed by atoms with Crippen LogP contribution in [0.2, 0.25) is 0 Å². The Labute approximate surface area is 203 Å². The van der Waals surface area contributed by atoms with E-state index in [0.717, 1.165) is 47.6 Å². The van der Waals surface area contributed by atoms with Gasteiger partial charge in [0.15, 0.2) is 5.16 Å². The van der Waals surface area contributed by atoms with Crippen molar-refractivity contribution in [2.75, 3.05) is 13.1 Å². The molecule has 1 aliphatic heterocycles. The van der Waals surface area contributed by atoms with E-state index in [-0.39, 0.29) is 0 Å². The van der Waals surface area contributed by atoms with E-state index in [2.05, 4.69) is 14.8 Å². The third-order valence-corrected chi connectivity index (χ3v) is 8.87. The predicted molar refractivity (Wildman–Crippen MR) is 132 cm³/mol. The molecule has 10 heteroatoms. The van der Waals surface area contributed by atoms with Gasteiger partial charge in [-0.25, -0.2) is 13.4 Å². The molecule has 1 aliphatic rings. The molecule has 178 valence electrons. The first-order valence-electron chi connectivity index (χ1n) is 11.5. The first-order valence-corrected chi connectivity index (χ1v) is 13.9. The Morgan fingerprint density at radius 3 is 2.65 bits per heavy atom. The first-order chi connectivity index (χ1) is 16.5. The van der Waals surface area contributed by atoms with E-state index >= 15 is 0 Å². The van der Waals surface area contributed by atoms with Crippen molar-refractivity contribution in [1.29, 1.82) is 0 Å². The van der Waals surface area contributed by atoms with Crippen molar-refractivity contribution in [3.8, 4) is 11.5 Å². The molecule has 0 saturated carbocycles. The molecular formula is C24H27N5O3S2. The van der Waals surface area contributed by atoms with Crippen molar-refractivity contribution >= 4 is 32.8 Å². The van der Waals surface area contributed by atoms with Gasteiger partial charge < -0.3 is 8.98 Å². The van der Waals surface area contributed by atoms with Crippen molar-refractivity contribution < 1.29 is 12.8 Å². The van der Waals surface area contributed by atoms with Crippen LogP contribution in [0, 0.1) is 6.92 Å². The van der Waals surface area contributed by atoms with Crippen LogP contribution in [0.1, 0.15) is 37.6 Å². The molecule has 34 heavy (non-hydrogen) atoms. The first kappa shape index (κ1) is 23.1. The van der Waals surface area contributed by atoms with Crippen LogP contribution in [0.25, 0.3) is 22.5 Å². The van der Waals surface area contributed by atoms with E-state index in [4.69, 9.17) is 9.40 Å². The smallest absolute Gasteiger partial charge is 0.247 e. The molecule has 0 atom stereocenters. The van der Waals surface area contributed by atoms with Gasteiger partial charge in [-0.1, -0.05) is 35.9 Å². The fraction of sp³-hybridized carbons (Fsp3) is 0.375. The molecule has 5 rings (SSSR count). The fourth-order valence-corrected chi connectivity index (χ4v) is 6.70. The number of rotatable bonds is 7. The molecule has 4 aromatic rings. The molecule has 1 saturated heterocycles.